The van der Waals surface area contributed by atoms with Gasteiger partial charge in [0, 0.05) is 12.8 Å². The van der Waals surface area contributed by atoms with Crippen LogP contribution in [0.5, 0.6) is 0 Å². The zero-order valence-corrected chi connectivity index (χ0v) is 40.7. The van der Waals surface area contributed by atoms with Crippen LogP contribution in [0, 0.1) is 0 Å². The molecular formula is C52H88NO10P. The fourth-order valence-corrected chi connectivity index (χ4v) is 7.14. The van der Waals surface area contributed by atoms with Gasteiger partial charge in [0.1, 0.15) is 12.7 Å². The SMILES string of the molecule is CC/C=C\C/C=C\C/C=C\C/C=C\C/C=C\CCCCCCCCCC(=O)NC(COP(=O)(O)OCC(O)COC(=O)CCCCCCCCC/C=C\C/C=C\CCCCC)C(=O)O. The fourth-order valence-electron chi connectivity index (χ4n) is 6.37. The minimum Gasteiger partial charge on any atom is -0.480 e. The molecule has 0 saturated carbocycles. The number of phosphoric acid groups is 1. The highest BCUT2D eigenvalue weighted by molar-refractivity contribution is 7.47. The number of hydrogen-bond acceptors (Lipinski definition) is 8. The van der Waals surface area contributed by atoms with E-state index in [4.69, 9.17) is 13.8 Å². The van der Waals surface area contributed by atoms with Crippen molar-refractivity contribution in [3.63, 3.8) is 0 Å². The lowest BCUT2D eigenvalue weighted by Gasteiger charge is -2.18. The van der Waals surface area contributed by atoms with Gasteiger partial charge in [0.25, 0.3) is 0 Å². The average molecular weight is 918 g/mol. The van der Waals surface area contributed by atoms with E-state index in [0.717, 1.165) is 109 Å². The van der Waals surface area contributed by atoms with Crippen molar-refractivity contribution < 1.29 is 47.8 Å². The molecule has 0 saturated heterocycles. The van der Waals surface area contributed by atoms with Crippen molar-refractivity contribution in [2.75, 3.05) is 19.8 Å². The summed E-state index contributed by atoms with van der Waals surface area (Å²) in [5, 5.41) is 21.9. The zero-order chi connectivity index (χ0) is 47.0. The molecule has 0 spiro atoms. The number of carbonyl (C=O) groups is 3. The van der Waals surface area contributed by atoms with Crippen LogP contribution in [-0.2, 0) is 32.7 Å². The van der Waals surface area contributed by atoms with E-state index in [1.54, 1.807) is 0 Å². The predicted octanol–water partition coefficient (Wildman–Crippen LogP) is 13.4. The highest BCUT2D eigenvalue weighted by atomic mass is 31.2. The molecule has 366 valence electrons. The molecule has 0 aliphatic heterocycles. The highest BCUT2D eigenvalue weighted by Gasteiger charge is 2.28. The number of aliphatic hydroxyl groups excluding tert-OH is 1. The van der Waals surface area contributed by atoms with Crippen molar-refractivity contribution in [1.29, 1.82) is 0 Å². The van der Waals surface area contributed by atoms with Gasteiger partial charge in [0.05, 0.1) is 13.2 Å². The molecule has 3 unspecified atom stereocenters. The molecule has 0 radical (unpaired) electrons. The van der Waals surface area contributed by atoms with Crippen LogP contribution in [0.4, 0.5) is 0 Å². The molecule has 0 heterocycles. The molecule has 1 amide bonds. The standard InChI is InChI=1S/C52H88NO10P/c1-3-5-7-9-11-13-15-17-19-21-22-23-24-25-26-28-29-31-33-35-37-39-41-43-50(55)53-49(52(57)58)47-63-64(59,60)62-46-48(54)45-61-51(56)44-42-40-38-36-34-32-30-27-20-18-16-14-12-10-8-6-4-2/h5,7,11-14,17-20,22-23,25-26,48-49,54H,3-4,6,8-10,15-16,21,24,27-47H2,1-2H3,(H,53,55)(H,57,58)(H,59,60)/b7-5-,13-11-,14-12-,19-17-,20-18-,23-22-,26-25-. The van der Waals surface area contributed by atoms with Crippen LogP contribution in [0.25, 0.3) is 0 Å². The molecule has 0 aliphatic rings. The number of aliphatic carboxylic acids is 1. The third-order valence-electron chi connectivity index (χ3n) is 10.2. The monoisotopic (exact) mass is 918 g/mol. The molecule has 0 rings (SSSR count). The summed E-state index contributed by atoms with van der Waals surface area (Å²) in [7, 11) is -4.77. The summed E-state index contributed by atoms with van der Waals surface area (Å²) >= 11 is 0. The van der Waals surface area contributed by atoms with Crippen molar-refractivity contribution in [3.8, 4) is 0 Å². The Morgan fingerprint density at radius 3 is 1.36 bits per heavy atom. The minimum atomic E-state index is -4.77. The second kappa shape index (κ2) is 46.2. The summed E-state index contributed by atoms with van der Waals surface area (Å²) in [4.78, 5) is 46.1. The molecular weight excluding hydrogens is 830 g/mol. The van der Waals surface area contributed by atoms with Crippen LogP contribution < -0.4 is 5.32 Å². The second-order valence-corrected chi connectivity index (χ2v) is 17.7. The first-order valence-corrected chi connectivity index (χ1v) is 26.1. The maximum atomic E-state index is 12.4. The average Bonchev–Trinajstić information content (AvgIpc) is 3.27. The number of aliphatic hydroxyl groups is 1. The predicted molar refractivity (Wildman–Crippen MR) is 263 cm³/mol. The maximum absolute atomic E-state index is 12.4. The second-order valence-electron chi connectivity index (χ2n) is 16.3. The number of allylic oxidation sites excluding steroid dienone is 14. The Morgan fingerprint density at radius 1 is 0.516 bits per heavy atom. The van der Waals surface area contributed by atoms with E-state index < -0.39 is 57.6 Å². The molecule has 64 heavy (non-hydrogen) atoms. The third kappa shape index (κ3) is 45.2. The summed E-state index contributed by atoms with van der Waals surface area (Å²) in [6.45, 7) is 2.44. The Balaban J connectivity index is 3.91. The summed E-state index contributed by atoms with van der Waals surface area (Å²) in [6.07, 6.45) is 57.4. The van der Waals surface area contributed by atoms with Gasteiger partial charge in [-0.1, -0.05) is 176 Å². The Labute approximate surface area is 388 Å². The lowest BCUT2D eigenvalue weighted by molar-refractivity contribution is -0.147. The Hall–Kier alpha value is -3.34. The number of hydrogen-bond donors (Lipinski definition) is 4. The van der Waals surface area contributed by atoms with Gasteiger partial charge in [-0.05, 0) is 89.9 Å². The third-order valence-corrected chi connectivity index (χ3v) is 11.1. The van der Waals surface area contributed by atoms with E-state index in [2.05, 4.69) is 104 Å². The summed E-state index contributed by atoms with van der Waals surface area (Å²) < 4.78 is 26.9. The van der Waals surface area contributed by atoms with Gasteiger partial charge in [-0.2, -0.15) is 0 Å². The number of ether oxygens (including phenoxy) is 1. The van der Waals surface area contributed by atoms with Crippen molar-refractivity contribution in [2.24, 2.45) is 0 Å². The zero-order valence-electron chi connectivity index (χ0n) is 39.8. The van der Waals surface area contributed by atoms with Gasteiger partial charge in [-0.25, -0.2) is 9.36 Å². The number of amides is 1. The van der Waals surface area contributed by atoms with E-state index >= 15 is 0 Å². The largest absolute Gasteiger partial charge is 0.480 e. The Morgan fingerprint density at radius 2 is 0.906 bits per heavy atom. The highest BCUT2D eigenvalue weighted by Crippen LogP contribution is 2.43. The molecule has 0 aliphatic carbocycles. The van der Waals surface area contributed by atoms with Crippen LogP contribution in [-0.4, -0.2) is 64.9 Å². The van der Waals surface area contributed by atoms with E-state index in [1.807, 2.05) is 0 Å². The normalized spacial score (nSPS) is 14.3. The van der Waals surface area contributed by atoms with Crippen LogP contribution in [0.2, 0.25) is 0 Å². The number of unbranched alkanes of at least 4 members (excludes halogenated alkanes) is 17. The Kier molecular flexibility index (Phi) is 43.8. The van der Waals surface area contributed by atoms with Gasteiger partial charge >= 0.3 is 19.8 Å². The van der Waals surface area contributed by atoms with Crippen molar-refractivity contribution in [3.05, 3.63) is 85.1 Å². The van der Waals surface area contributed by atoms with E-state index in [9.17, 15) is 34.1 Å². The summed E-state index contributed by atoms with van der Waals surface area (Å²) in [5.41, 5.74) is 0. The number of phosphoric ester groups is 1. The van der Waals surface area contributed by atoms with Gasteiger partial charge in [-0.15, -0.1) is 0 Å². The molecule has 11 nitrogen and oxygen atoms in total. The lowest BCUT2D eigenvalue weighted by Crippen LogP contribution is -2.43. The van der Waals surface area contributed by atoms with Crippen LogP contribution >= 0.6 is 7.82 Å². The van der Waals surface area contributed by atoms with Crippen molar-refractivity contribution in [1.82, 2.24) is 5.32 Å². The van der Waals surface area contributed by atoms with Crippen molar-refractivity contribution >= 4 is 25.7 Å². The molecule has 12 heteroatoms. The lowest BCUT2D eigenvalue weighted by atomic mass is 10.1. The number of carboxylic acids is 1. The number of nitrogens with one attached hydrogen (secondary N) is 1. The first-order valence-electron chi connectivity index (χ1n) is 24.6. The quantitative estimate of drug-likeness (QED) is 0.0200. The number of carbonyl (C=O) groups excluding carboxylic acids is 2. The first kappa shape index (κ1) is 60.7. The summed E-state index contributed by atoms with van der Waals surface area (Å²) in [5.74, 6) is -2.40. The molecule has 0 aromatic carbocycles. The fraction of sp³-hybridized carbons (Fsp3) is 0.673. The molecule has 0 fully saturated rings. The van der Waals surface area contributed by atoms with Gasteiger partial charge in [-0.3, -0.25) is 18.6 Å². The topological polar surface area (TPSA) is 169 Å². The molecule has 4 N–H and O–H groups in total. The molecule has 0 bridgehead atoms. The van der Waals surface area contributed by atoms with Gasteiger partial charge in [0.2, 0.25) is 5.91 Å². The minimum absolute atomic E-state index is 0.127. The van der Waals surface area contributed by atoms with Crippen LogP contribution in [0.1, 0.15) is 194 Å². The van der Waals surface area contributed by atoms with E-state index in [0.29, 0.717) is 12.8 Å². The first-order chi connectivity index (χ1) is 31.1. The van der Waals surface area contributed by atoms with Crippen LogP contribution in [0.3, 0.4) is 0 Å². The van der Waals surface area contributed by atoms with E-state index in [-0.39, 0.29) is 12.8 Å². The molecule has 0 aromatic heterocycles. The van der Waals surface area contributed by atoms with Crippen molar-refractivity contribution in [2.45, 2.75) is 206 Å². The van der Waals surface area contributed by atoms with E-state index in [1.165, 1.54) is 44.9 Å². The molecule has 3 atom stereocenters. The number of esters is 1. The van der Waals surface area contributed by atoms with Gasteiger partial charge < -0.3 is 25.2 Å². The maximum Gasteiger partial charge on any atom is 0.472 e. The number of rotatable bonds is 45. The Bertz CT molecular complexity index is 1400. The molecule has 0 aromatic rings. The van der Waals surface area contributed by atoms with Crippen LogP contribution in [0.15, 0.2) is 85.1 Å². The number of carboxylic acid groups (broad SMARTS) is 1. The smallest absolute Gasteiger partial charge is 0.472 e. The van der Waals surface area contributed by atoms with Gasteiger partial charge in [0.15, 0.2) is 6.04 Å². The summed E-state index contributed by atoms with van der Waals surface area (Å²) in [6, 6.07) is -1.56.